The number of aromatic carboxylic acids is 1. The van der Waals surface area contributed by atoms with Gasteiger partial charge in [0, 0.05) is 31.1 Å². The quantitative estimate of drug-likeness (QED) is 0.700. The zero-order valence-corrected chi connectivity index (χ0v) is 16.7. The Kier molecular flexibility index (Phi) is 9.23. The van der Waals surface area contributed by atoms with Gasteiger partial charge in [-0.3, -0.25) is 4.79 Å². The third kappa shape index (κ3) is 7.48. The van der Waals surface area contributed by atoms with Gasteiger partial charge in [-0.05, 0) is 36.4 Å². The molecule has 0 radical (unpaired) electrons. The number of carbonyl (C=O) groups excluding carboxylic acids is 1. The van der Waals surface area contributed by atoms with Crippen LogP contribution in [0.4, 0.5) is 0 Å². The summed E-state index contributed by atoms with van der Waals surface area (Å²) in [5.41, 5.74) is 0.625. The van der Waals surface area contributed by atoms with Gasteiger partial charge >= 0.3 is 5.97 Å². The SMILES string of the molecule is Clc1ccccc1Cl.O=C(O)c1ccc(C(=O)NCC2CNCCOC2)cc1. The number of rotatable bonds is 4. The van der Waals surface area contributed by atoms with E-state index in [2.05, 4.69) is 10.6 Å². The predicted octanol–water partition coefficient (Wildman–Crippen LogP) is 3.34. The zero-order chi connectivity index (χ0) is 20.4. The summed E-state index contributed by atoms with van der Waals surface area (Å²) in [6.45, 7) is 3.51. The highest BCUT2D eigenvalue weighted by Gasteiger charge is 2.14. The third-order valence-corrected chi connectivity index (χ3v) is 4.74. The van der Waals surface area contributed by atoms with Crippen LogP contribution in [0.2, 0.25) is 10.0 Å². The Morgan fingerprint density at radius 1 is 1.07 bits per heavy atom. The second-order valence-corrected chi connectivity index (χ2v) is 6.97. The van der Waals surface area contributed by atoms with E-state index in [4.69, 9.17) is 33.0 Å². The molecular formula is C20H22Cl2N2O4. The van der Waals surface area contributed by atoms with Crippen LogP contribution >= 0.6 is 23.2 Å². The summed E-state index contributed by atoms with van der Waals surface area (Å²) in [4.78, 5) is 22.7. The van der Waals surface area contributed by atoms with Crippen LogP contribution in [0.25, 0.3) is 0 Å². The first-order valence-corrected chi connectivity index (χ1v) is 9.53. The van der Waals surface area contributed by atoms with Crippen molar-refractivity contribution in [2.24, 2.45) is 5.92 Å². The van der Waals surface area contributed by atoms with Gasteiger partial charge in [-0.15, -0.1) is 0 Å². The Morgan fingerprint density at radius 3 is 2.25 bits per heavy atom. The molecule has 1 atom stereocenters. The molecule has 6 nitrogen and oxygen atoms in total. The highest BCUT2D eigenvalue weighted by molar-refractivity contribution is 6.41. The Balaban J connectivity index is 0.000000292. The Hall–Kier alpha value is -2.12. The molecule has 1 amide bonds. The van der Waals surface area contributed by atoms with Crippen LogP contribution in [0.15, 0.2) is 48.5 Å². The average molecular weight is 425 g/mol. The molecule has 3 N–H and O–H groups in total. The van der Waals surface area contributed by atoms with E-state index in [9.17, 15) is 9.59 Å². The van der Waals surface area contributed by atoms with Gasteiger partial charge in [0.25, 0.3) is 5.91 Å². The fourth-order valence-corrected chi connectivity index (χ4v) is 2.70. The van der Waals surface area contributed by atoms with E-state index in [1.54, 1.807) is 12.1 Å². The van der Waals surface area contributed by atoms with Crippen molar-refractivity contribution >= 4 is 35.1 Å². The summed E-state index contributed by atoms with van der Waals surface area (Å²) < 4.78 is 5.41. The molecule has 0 saturated carbocycles. The molecule has 8 heteroatoms. The van der Waals surface area contributed by atoms with E-state index < -0.39 is 5.97 Å². The zero-order valence-electron chi connectivity index (χ0n) is 15.2. The Labute approximate surface area is 173 Å². The van der Waals surface area contributed by atoms with Gasteiger partial charge in [-0.1, -0.05) is 35.3 Å². The standard InChI is InChI=1S/C14H18N2O4.C6H4Cl2/c17-13(11-1-3-12(4-2-11)14(18)19)16-8-10-7-15-5-6-20-9-10;7-5-3-1-2-4-6(5)8/h1-4,10,15H,5-9H2,(H,16,17)(H,18,19);1-4H. The lowest BCUT2D eigenvalue weighted by Gasteiger charge is -2.14. The molecule has 1 saturated heterocycles. The molecule has 1 heterocycles. The van der Waals surface area contributed by atoms with Crippen molar-refractivity contribution in [3.63, 3.8) is 0 Å². The highest BCUT2D eigenvalue weighted by atomic mass is 35.5. The van der Waals surface area contributed by atoms with Crippen LogP contribution in [0.3, 0.4) is 0 Å². The van der Waals surface area contributed by atoms with Crippen molar-refractivity contribution in [3.05, 3.63) is 69.7 Å². The molecule has 2 aromatic carbocycles. The molecule has 28 heavy (non-hydrogen) atoms. The largest absolute Gasteiger partial charge is 0.478 e. The van der Waals surface area contributed by atoms with Gasteiger partial charge < -0.3 is 20.5 Å². The first kappa shape index (κ1) is 22.2. The van der Waals surface area contributed by atoms with Crippen LogP contribution in [0.1, 0.15) is 20.7 Å². The lowest BCUT2D eigenvalue weighted by atomic mass is 10.1. The summed E-state index contributed by atoms with van der Waals surface area (Å²) in [5, 5.41) is 16.1. The smallest absolute Gasteiger partial charge is 0.335 e. The number of benzene rings is 2. The number of carbonyl (C=O) groups is 2. The number of carboxylic acid groups (broad SMARTS) is 1. The van der Waals surface area contributed by atoms with Gasteiger partial charge in [0.2, 0.25) is 0 Å². The van der Waals surface area contributed by atoms with E-state index in [1.807, 2.05) is 12.1 Å². The van der Waals surface area contributed by atoms with Crippen molar-refractivity contribution in [1.29, 1.82) is 0 Å². The molecule has 0 spiro atoms. The normalized spacial score (nSPS) is 16.3. The minimum Gasteiger partial charge on any atom is -0.478 e. The third-order valence-electron chi connectivity index (χ3n) is 3.98. The van der Waals surface area contributed by atoms with Gasteiger partial charge in [0.1, 0.15) is 0 Å². The predicted molar refractivity (Wildman–Crippen MR) is 109 cm³/mol. The Morgan fingerprint density at radius 2 is 1.68 bits per heavy atom. The monoisotopic (exact) mass is 424 g/mol. The van der Waals surface area contributed by atoms with Crippen LogP contribution < -0.4 is 10.6 Å². The van der Waals surface area contributed by atoms with Crippen molar-refractivity contribution in [2.45, 2.75) is 0 Å². The molecule has 0 aromatic heterocycles. The van der Waals surface area contributed by atoms with Crippen LogP contribution in [0, 0.1) is 5.92 Å². The van der Waals surface area contributed by atoms with Gasteiger partial charge in [-0.25, -0.2) is 4.79 Å². The van der Waals surface area contributed by atoms with Gasteiger partial charge in [-0.2, -0.15) is 0 Å². The topological polar surface area (TPSA) is 87.7 Å². The number of hydrogen-bond donors (Lipinski definition) is 3. The summed E-state index contributed by atoms with van der Waals surface area (Å²) in [5.74, 6) is -0.954. The molecule has 0 bridgehead atoms. The van der Waals surface area contributed by atoms with Crippen molar-refractivity contribution in [2.75, 3.05) is 32.8 Å². The molecule has 0 aliphatic carbocycles. The van der Waals surface area contributed by atoms with Gasteiger partial charge in [0.05, 0.1) is 28.8 Å². The number of carboxylic acids is 1. The maximum Gasteiger partial charge on any atom is 0.335 e. The minimum atomic E-state index is -1.00. The summed E-state index contributed by atoms with van der Waals surface area (Å²) in [6, 6.07) is 13.1. The number of amides is 1. The van der Waals surface area contributed by atoms with E-state index in [0.29, 0.717) is 35.4 Å². The number of ether oxygens (including phenoxy) is 1. The molecule has 3 rings (SSSR count). The molecular weight excluding hydrogens is 403 g/mol. The van der Waals surface area contributed by atoms with E-state index >= 15 is 0 Å². The lowest BCUT2D eigenvalue weighted by molar-refractivity contribution is 0.0696. The fraction of sp³-hybridized carbons (Fsp3) is 0.300. The van der Waals surface area contributed by atoms with Crippen molar-refractivity contribution < 1.29 is 19.4 Å². The van der Waals surface area contributed by atoms with Crippen molar-refractivity contribution in [3.8, 4) is 0 Å². The molecule has 1 aliphatic heterocycles. The number of hydrogen-bond acceptors (Lipinski definition) is 4. The minimum absolute atomic E-state index is 0.169. The summed E-state index contributed by atoms with van der Waals surface area (Å²) in [6.07, 6.45) is 0. The van der Waals surface area contributed by atoms with Crippen LogP contribution in [0.5, 0.6) is 0 Å². The molecule has 1 fully saturated rings. The van der Waals surface area contributed by atoms with E-state index in [0.717, 1.165) is 13.1 Å². The van der Waals surface area contributed by atoms with Crippen LogP contribution in [-0.2, 0) is 4.74 Å². The number of halogens is 2. The maximum atomic E-state index is 11.9. The first-order chi connectivity index (χ1) is 13.5. The molecule has 150 valence electrons. The molecule has 1 aliphatic rings. The highest BCUT2D eigenvalue weighted by Crippen LogP contribution is 2.19. The lowest BCUT2D eigenvalue weighted by Crippen LogP contribution is -2.35. The van der Waals surface area contributed by atoms with Crippen LogP contribution in [-0.4, -0.2) is 49.8 Å². The second kappa shape index (κ2) is 11.7. The fourth-order valence-electron chi connectivity index (χ4n) is 2.43. The Bertz CT molecular complexity index is 755. The maximum absolute atomic E-state index is 11.9. The molecule has 1 unspecified atom stereocenters. The summed E-state index contributed by atoms with van der Waals surface area (Å²) in [7, 11) is 0. The van der Waals surface area contributed by atoms with E-state index in [1.165, 1.54) is 24.3 Å². The second-order valence-electron chi connectivity index (χ2n) is 6.15. The van der Waals surface area contributed by atoms with E-state index in [-0.39, 0.29) is 17.4 Å². The number of nitrogens with one attached hydrogen (secondary N) is 2. The first-order valence-electron chi connectivity index (χ1n) is 8.77. The average Bonchev–Trinajstić information content (AvgIpc) is 2.98. The molecule has 2 aromatic rings. The van der Waals surface area contributed by atoms with Crippen molar-refractivity contribution in [1.82, 2.24) is 10.6 Å². The van der Waals surface area contributed by atoms with Gasteiger partial charge in [0.15, 0.2) is 0 Å². The summed E-state index contributed by atoms with van der Waals surface area (Å²) >= 11 is 11.2.